The van der Waals surface area contributed by atoms with E-state index in [1.807, 2.05) is 36.0 Å². The van der Waals surface area contributed by atoms with Crippen LogP contribution in [0.4, 0.5) is 0 Å². The lowest BCUT2D eigenvalue weighted by Crippen LogP contribution is -2.17. The van der Waals surface area contributed by atoms with Crippen molar-refractivity contribution in [1.82, 2.24) is 15.1 Å². The lowest BCUT2D eigenvalue weighted by atomic mass is 10.0. The molecule has 1 N–H and O–H groups in total. The smallest absolute Gasteiger partial charge is 0.0958 e. The Hall–Kier alpha value is -1.32. The van der Waals surface area contributed by atoms with E-state index in [0.29, 0.717) is 0 Å². The van der Waals surface area contributed by atoms with Crippen molar-refractivity contribution in [2.75, 3.05) is 13.1 Å². The number of nitrogens with one attached hydrogen (secondary N) is 1. The van der Waals surface area contributed by atoms with Crippen LogP contribution in [0.5, 0.6) is 0 Å². The fraction of sp³-hybridized carbons (Fsp3) is 0.357. The molecule has 2 heterocycles. The summed E-state index contributed by atoms with van der Waals surface area (Å²) in [7, 11) is 2.03. The first-order chi connectivity index (χ1) is 8.75. The second kappa shape index (κ2) is 4.75. The topological polar surface area (TPSA) is 29.9 Å². The van der Waals surface area contributed by atoms with Crippen molar-refractivity contribution in [3.05, 3.63) is 40.5 Å². The Morgan fingerprint density at radius 1 is 1.17 bits per heavy atom. The van der Waals surface area contributed by atoms with Gasteiger partial charge in [0, 0.05) is 41.9 Å². The predicted octanol–water partition coefficient (Wildman–Crippen LogP) is 2.43. The summed E-state index contributed by atoms with van der Waals surface area (Å²) in [6.45, 7) is 2.06. The van der Waals surface area contributed by atoms with Gasteiger partial charge in [-0.2, -0.15) is 5.10 Å². The van der Waals surface area contributed by atoms with Gasteiger partial charge in [0.2, 0.25) is 0 Å². The number of aromatic nitrogens is 2. The van der Waals surface area contributed by atoms with Crippen LogP contribution in [0.1, 0.15) is 11.3 Å². The van der Waals surface area contributed by atoms with Gasteiger partial charge in [-0.3, -0.25) is 4.68 Å². The molecule has 0 amide bonds. The Balaban J connectivity index is 2.09. The third kappa shape index (κ3) is 2.04. The molecule has 1 aliphatic heterocycles. The van der Waals surface area contributed by atoms with Gasteiger partial charge in [-0.05, 0) is 25.1 Å². The maximum atomic E-state index is 5.94. The lowest BCUT2D eigenvalue weighted by Gasteiger charge is -2.02. The highest BCUT2D eigenvalue weighted by Crippen LogP contribution is 2.27. The van der Waals surface area contributed by atoms with Gasteiger partial charge in [0.25, 0.3) is 0 Å². The second-order valence-electron chi connectivity index (χ2n) is 4.65. The zero-order valence-electron chi connectivity index (χ0n) is 10.4. The minimum absolute atomic E-state index is 0.766. The van der Waals surface area contributed by atoms with Crippen molar-refractivity contribution in [1.29, 1.82) is 0 Å². The van der Waals surface area contributed by atoms with Crippen LogP contribution in [0.25, 0.3) is 11.3 Å². The molecule has 94 valence electrons. The number of hydrogen-bond acceptors (Lipinski definition) is 2. The van der Waals surface area contributed by atoms with Gasteiger partial charge in [-0.25, -0.2) is 0 Å². The van der Waals surface area contributed by atoms with Crippen LogP contribution in [-0.2, 0) is 19.9 Å². The molecular weight excluding hydrogens is 246 g/mol. The molecule has 0 fully saturated rings. The van der Waals surface area contributed by atoms with Gasteiger partial charge in [0.15, 0.2) is 0 Å². The fourth-order valence-electron chi connectivity index (χ4n) is 2.56. The Morgan fingerprint density at radius 3 is 2.67 bits per heavy atom. The number of benzene rings is 1. The summed E-state index contributed by atoms with van der Waals surface area (Å²) in [5.74, 6) is 0. The summed E-state index contributed by atoms with van der Waals surface area (Å²) in [6, 6.07) is 7.94. The Morgan fingerprint density at radius 2 is 1.89 bits per heavy atom. The standard InChI is InChI=1S/C14H16ClN3/c1-18-13-7-9-16-8-6-12(13)14(17-18)10-2-4-11(15)5-3-10/h2-5,16H,6-9H2,1H3. The molecule has 2 aromatic rings. The first-order valence-corrected chi connectivity index (χ1v) is 6.65. The number of nitrogens with zero attached hydrogens (tertiary/aromatic N) is 2. The molecule has 0 atom stereocenters. The molecule has 3 rings (SSSR count). The van der Waals surface area contributed by atoms with E-state index < -0.39 is 0 Å². The van der Waals surface area contributed by atoms with E-state index in [-0.39, 0.29) is 0 Å². The summed E-state index contributed by atoms with van der Waals surface area (Å²) in [5.41, 5.74) is 4.99. The molecule has 0 unspecified atom stereocenters. The van der Waals surface area contributed by atoms with Crippen molar-refractivity contribution in [3.8, 4) is 11.3 Å². The van der Waals surface area contributed by atoms with Gasteiger partial charge in [-0.15, -0.1) is 0 Å². The normalized spacial score (nSPS) is 15.2. The molecule has 0 spiro atoms. The molecule has 0 aliphatic carbocycles. The minimum atomic E-state index is 0.766. The van der Waals surface area contributed by atoms with Gasteiger partial charge >= 0.3 is 0 Å². The lowest BCUT2D eigenvalue weighted by molar-refractivity contribution is 0.667. The van der Waals surface area contributed by atoms with Crippen molar-refractivity contribution in [3.63, 3.8) is 0 Å². The molecule has 1 aromatic heterocycles. The summed E-state index contributed by atoms with van der Waals surface area (Å²) >= 11 is 5.94. The van der Waals surface area contributed by atoms with E-state index in [0.717, 1.165) is 42.2 Å². The molecule has 0 saturated carbocycles. The van der Waals surface area contributed by atoms with Gasteiger partial charge in [-0.1, -0.05) is 23.7 Å². The van der Waals surface area contributed by atoms with Crippen LogP contribution in [0, 0.1) is 0 Å². The van der Waals surface area contributed by atoms with E-state index in [4.69, 9.17) is 11.6 Å². The van der Waals surface area contributed by atoms with Crippen LogP contribution in [0.15, 0.2) is 24.3 Å². The van der Waals surface area contributed by atoms with Crippen LogP contribution in [0.2, 0.25) is 5.02 Å². The third-order valence-corrected chi connectivity index (χ3v) is 3.73. The average Bonchev–Trinajstić information content (AvgIpc) is 2.56. The highest BCUT2D eigenvalue weighted by molar-refractivity contribution is 6.30. The van der Waals surface area contributed by atoms with Crippen molar-refractivity contribution in [2.24, 2.45) is 7.05 Å². The quantitative estimate of drug-likeness (QED) is 0.855. The molecule has 18 heavy (non-hydrogen) atoms. The number of aryl methyl sites for hydroxylation is 1. The van der Waals surface area contributed by atoms with Gasteiger partial charge in [0.1, 0.15) is 0 Å². The molecule has 1 aromatic carbocycles. The third-order valence-electron chi connectivity index (χ3n) is 3.48. The molecule has 4 heteroatoms. The van der Waals surface area contributed by atoms with Crippen molar-refractivity contribution in [2.45, 2.75) is 12.8 Å². The number of rotatable bonds is 1. The van der Waals surface area contributed by atoms with Crippen LogP contribution in [0.3, 0.4) is 0 Å². The van der Waals surface area contributed by atoms with Crippen LogP contribution >= 0.6 is 11.6 Å². The molecule has 0 saturated heterocycles. The zero-order chi connectivity index (χ0) is 12.5. The summed E-state index contributed by atoms with van der Waals surface area (Å²) in [6.07, 6.45) is 2.09. The SMILES string of the molecule is Cn1nc(-c2ccc(Cl)cc2)c2c1CCNCC2. The molecule has 0 radical (unpaired) electrons. The summed E-state index contributed by atoms with van der Waals surface area (Å²) in [4.78, 5) is 0. The Kier molecular flexibility index (Phi) is 3.10. The first kappa shape index (κ1) is 11.8. The van der Waals surface area contributed by atoms with E-state index in [9.17, 15) is 0 Å². The predicted molar refractivity (Wildman–Crippen MR) is 73.9 cm³/mol. The maximum Gasteiger partial charge on any atom is 0.0958 e. The molecular formula is C14H16ClN3. The van der Waals surface area contributed by atoms with E-state index in [2.05, 4.69) is 10.4 Å². The van der Waals surface area contributed by atoms with Gasteiger partial charge < -0.3 is 5.32 Å². The molecule has 3 nitrogen and oxygen atoms in total. The fourth-order valence-corrected chi connectivity index (χ4v) is 2.69. The largest absolute Gasteiger partial charge is 0.316 e. The van der Waals surface area contributed by atoms with Crippen molar-refractivity contribution >= 4 is 11.6 Å². The number of halogens is 1. The van der Waals surface area contributed by atoms with E-state index in [1.54, 1.807) is 0 Å². The Bertz CT molecular complexity index is 557. The zero-order valence-corrected chi connectivity index (χ0v) is 11.2. The first-order valence-electron chi connectivity index (χ1n) is 6.27. The number of fused-ring (bicyclic) bond motifs is 1. The monoisotopic (exact) mass is 261 g/mol. The highest BCUT2D eigenvalue weighted by Gasteiger charge is 2.18. The maximum absolute atomic E-state index is 5.94. The average molecular weight is 262 g/mol. The van der Waals surface area contributed by atoms with Crippen LogP contribution < -0.4 is 5.32 Å². The minimum Gasteiger partial charge on any atom is -0.316 e. The second-order valence-corrected chi connectivity index (χ2v) is 5.09. The molecule has 1 aliphatic rings. The Labute approximate surface area is 112 Å². The summed E-state index contributed by atoms with van der Waals surface area (Å²) in [5, 5.41) is 8.88. The highest BCUT2D eigenvalue weighted by atomic mass is 35.5. The van der Waals surface area contributed by atoms with Crippen molar-refractivity contribution < 1.29 is 0 Å². The van der Waals surface area contributed by atoms with E-state index >= 15 is 0 Å². The van der Waals surface area contributed by atoms with E-state index in [1.165, 1.54) is 11.3 Å². The summed E-state index contributed by atoms with van der Waals surface area (Å²) < 4.78 is 2.02. The van der Waals surface area contributed by atoms with Gasteiger partial charge in [0.05, 0.1) is 5.69 Å². The molecule has 0 bridgehead atoms. The number of hydrogen-bond donors (Lipinski definition) is 1. The van der Waals surface area contributed by atoms with Crippen LogP contribution in [-0.4, -0.2) is 22.9 Å².